The number of amidine groups is 1. The van der Waals surface area contributed by atoms with Gasteiger partial charge < -0.3 is 15.0 Å². The molecule has 1 aliphatic carbocycles. The number of halogens is 1. The molecule has 1 N–H and O–H groups in total. The average Bonchev–Trinajstić information content (AvgIpc) is 3.40. The quantitative estimate of drug-likeness (QED) is 0.651. The van der Waals surface area contributed by atoms with Gasteiger partial charge in [0.05, 0.1) is 29.8 Å². The standard InChI is InChI=1S/C22H24ClN3O3S/c1-12(2)29-21(28)19-13(3)24-22-26(20(19)16-6-4-5-7-17(16)23)15(11-30-22)10-18(27)25-14-8-9-14/h4-7,11-12,14,20H,8-10H2,1-3H3,(H,25,27). The fourth-order valence-electron chi connectivity index (χ4n) is 3.57. The number of rotatable bonds is 6. The van der Waals surface area contributed by atoms with Gasteiger partial charge in [0.1, 0.15) is 0 Å². The highest BCUT2D eigenvalue weighted by atomic mass is 35.5. The van der Waals surface area contributed by atoms with E-state index in [0.29, 0.717) is 22.3 Å². The molecule has 3 aliphatic rings. The lowest BCUT2D eigenvalue weighted by molar-refractivity contribution is -0.143. The summed E-state index contributed by atoms with van der Waals surface area (Å²) in [6, 6.07) is 7.23. The minimum absolute atomic E-state index is 0.0268. The summed E-state index contributed by atoms with van der Waals surface area (Å²) in [5.74, 6) is -0.449. The van der Waals surface area contributed by atoms with Gasteiger partial charge in [-0.05, 0) is 50.7 Å². The molecule has 0 radical (unpaired) electrons. The Morgan fingerprint density at radius 2 is 2.07 bits per heavy atom. The van der Waals surface area contributed by atoms with E-state index in [4.69, 9.17) is 16.3 Å². The van der Waals surface area contributed by atoms with E-state index >= 15 is 0 Å². The molecule has 1 aromatic carbocycles. The van der Waals surface area contributed by atoms with Crippen LogP contribution < -0.4 is 5.32 Å². The zero-order valence-corrected chi connectivity index (χ0v) is 18.7. The molecule has 1 fully saturated rings. The van der Waals surface area contributed by atoms with Gasteiger partial charge in [-0.25, -0.2) is 9.79 Å². The van der Waals surface area contributed by atoms with Crippen LogP contribution in [0, 0.1) is 0 Å². The van der Waals surface area contributed by atoms with Crippen molar-refractivity contribution in [3.63, 3.8) is 0 Å². The van der Waals surface area contributed by atoms with Crippen LogP contribution >= 0.6 is 23.4 Å². The molecule has 0 saturated heterocycles. The molecular weight excluding hydrogens is 422 g/mol. The summed E-state index contributed by atoms with van der Waals surface area (Å²) < 4.78 is 5.54. The molecule has 6 nitrogen and oxygen atoms in total. The largest absolute Gasteiger partial charge is 0.459 e. The molecule has 30 heavy (non-hydrogen) atoms. The second-order valence-corrected chi connectivity index (χ2v) is 9.13. The van der Waals surface area contributed by atoms with E-state index < -0.39 is 12.0 Å². The van der Waals surface area contributed by atoms with Crippen molar-refractivity contribution in [1.82, 2.24) is 10.2 Å². The van der Waals surface area contributed by atoms with Crippen LogP contribution in [0.4, 0.5) is 0 Å². The average molecular weight is 446 g/mol. The maximum Gasteiger partial charge on any atom is 0.338 e. The Bertz CT molecular complexity index is 982. The van der Waals surface area contributed by atoms with E-state index in [1.165, 1.54) is 11.8 Å². The molecule has 1 aromatic rings. The number of esters is 1. The van der Waals surface area contributed by atoms with Crippen LogP contribution in [0.3, 0.4) is 0 Å². The molecule has 1 amide bonds. The van der Waals surface area contributed by atoms with Crippen LogP contribution in [0.15, 0.2) is 51.6 Å². The number of carbonyl (C=O) groups is 2. The Labute approximate surface area is 185 Å². The van der Waals surface area contributed by atoms with E-state index in [9.17, 15) is 9.59 Å². The highest BCUT2D eigenvalue weighted by Crippen LogP contribution is 2.46. The SMILES string of the molecule is CC1=C(C(=O)OC(C)C)C(c2ccccc2Cl)N2C(CC(=O)NC3CC3)=CSC2=N1. The molecule has 4 rings (SSSR count). The lowest BCUT2D eigenvalue weighted by atomic mass is 9.93. The summed E-state index contributed by atoms with van der Waals surface area (Å²) in [7, 11) is 0. The minimum Gasteiger partial charge on any atom is -0.459 e. The van der Waals surface area contributed by atoms with Crippen molar-refractivity contribution in [3.8, 4) is 0 Å². The van der Waals surface area contributed by atoms with Crippen molar-refractivity contribution < 1.29 is 14.3 Å². The molecule has 2 heterocycles. The number of allylic oxidation sites excluding steroid dienone is 1. The van der Waals surface area contributed by atoms with Crippen LogP contribution in [0.25, 0.3) is 0 Å². The van der Waals surface area contributed by atoms with Crippen LogP contribution in [0.1, 0.15) is 51.6 Å². The summed E-state index contributed by atoms with van der Waals surface area (Å²) in [5, 5.41) is 6.23. The number of aliphatic imine (C=N–C) groups is 1. The highest BCUT2D eigenvalue weighted by Gasteiger charge is 2.42. The van der Waals surface area contributed by atoms with Gasteiger partial charge in [-0.3, -0.25) is 4.79 Å². The van der Waals surface area contributed by atoms with Crippen LogP contribution in [-0.4, -0.2) is 34.1 Å². The van der Waals surface area contributed by atoms with Gasteiger partial charge in [0.2, 0.25) is 5.91 Å². The molecule has 0 aromatic heterocycles. The number of fused-ring (bicyclic) bond motifs is 1. The molecular formula is C22H24ClN3O3S. The maximum atomic E-state index is 13.1. The normalized spacial score (nSPS) is 20.7. The second kappa shape index (κ2) is 8.47. The number of thioether (sulfide) groups is 1. The van der Waals surface area contributed by atoms with Crippen molar-refractivity contribution in [2.75, 3.05) is 0 Å². The third-order valence-corrected chi connectivity index (χ3v) is 6.28. The Balaban J connectivity index is 1.73. The van der Waals surface area contributed by atoms with E-state index in [1.807, 2.05) is 49.3 Å². The van der Waals surface area contributed by atoms with Crippen LogP contribution in [0.2, 0.25) is 5.02 Å². The summed E-state index contributed by atoms with van der Waals surface area (Å²) in [4.78, 5) is 32.2. The van der Waals surface area contributed by atoms with E-state index in [-0.39, 0.29) is 18.4 Å². The molecule has 8 heteroatoms. The Morgan fingerprint density at radius 1 is 1.33 bits per heavy atom. The van der Waals surface area contributed by atoms with Crippen LogP contribution in [0.5, 0.6) is 0 Å². The number of ether oxygens (including phenoxy) is 1. The molecule has 0 spiro atoms. The molecule has 158 valence electrons. The monoisotopic (exact) mass is 445 g/mol. The first-order valence-corrected chi connectivity index (χ1v) is 11.3. The van der Waals surface area contributed by atoms with E-state index in [0.717, 1.165) is 29.3 Å². The van der Waals surface area contributed by atoms with Crippen molar-refractivity contribution in [3.05, 3.63) is 57.2 Å². The number of carbonyl (C=O) groups excluding carboxylic acids is 2. The lowest BCUT2D eigenvalue weighted by Gasteiger charge is -2.36. The third kappa shape index (κ3) is 4.27. The predicted octanol–water partition coefficient (Wildman–Crippen LogP) is 4.54. The number of nitrogens with zero attached hydrogens (tertiary/aromatic N) is 2. The third-order valence-electron chi connectivity index (χ3n) is 5.05. The number of nitrogens with one attached hydrogen (secondary N) is 1. The van der Waals surface area contributed by atoms with Gasteiger partial charge in [0, 0.05) is 16.8 Å². The first-order chi connectivity index (χ1) is 14.3. The summed E-state index contributed by atoms with van der Waals surface area (Å²) in [5.41, 5.74) is 2.61. The molecule has 1 atom stereocenters. The van der Waals surface area contributed by atoms with E-state index in [2.05, 4.69) is 10.3 Å². The van der Waals surface area contributed by atoms with Gasteiger partial charge in [-0.15, -0.1) is 0 Å². The van der Waals surface area contributed by atoms with E-state index in [1.54, 1.807) is 6.07 Å². The first kappa shape index (κ1) is 21.0. The second-order valence-electron chi connectivity index (χ2n) is 7.89. The Hall–Kier alpha value is -2.25. The highest BCUT2D eigenvalue weighted by molar-refractivity contribution is 8.16. The van der Waals surface area contributed by atoms with Gasteiger partial charge in [-0.2, -0.15) is 0 Å². The summed E-state index contributed by atoms with van der Waals surface area (Å²) >= 11 is 8.01. The topological polar surface area (TPSA) is 71.0 Å². The predicted molar refractivity (Wildman–Crippen MR) is 119 cm³/mol. The fraction of sp³-hybridized carbons (Fsp3) is 0.409. The lowest BCUT2D eigenvalue weighted by Crippen LogP contribution is -2.38. The molecule has 1 saturated carbocycles. The van der Waals surface area contributed by atoms with Gasteiger partial charge in [0.25, 0.3) is 0 Å². The van der Waals surface area contributed by atoms with Crippen molar-refractivity contribution in [2.24, 2.45) is 4.99 Å². The maximum absolute atomic E-state index is 13.1. The molecule has 1 unspecified atom stereocenters. The number of hydrogen-bond acceptors (Lipinski definition) is 6. The van der Waals surface area contributed by atoms with Gasteiger partial charge >= 0.3 is 5.97 Å². The smallest absolute Gasteiger partial charge is 0.338 e. The fourth-order valence-corrected chi connectivity index (χ4v) is 4.77. The van der Waals surface area contributed by atoms with Crippen molar-refractivity contribution >= 4 is 40.4 Å². The number of amides is 1. The zero-order valence-electron chi connectivity index (χ0n) is 17.1. The molecule has 0 bridgehead atoms. The first-order valence-electron chi connectivity index (χ1n) is 10.0. The summed E-state index contributed by atoms with van der Waals surface area (Å²) in [6.07, 6.45) is 2.02. The van der Waals surface area contributed by atoms with Gasteiger partial charge in [0.15, 0.2) is 5.17 Å². The zero-order chi connectivity index (χ0) is 21.4. The number of benzene rings is 1. The summed E-state index contributed by atoms with van der Waals surface area (Å²) in [6.45, 7) is 5.44. The molecule has 2 aliphatic heterocycles. The van der Waals surface area contributed by atoms with Crippen molar-refractivity contribution in [2.45, 2.75) is 58.2 Å². The Morgan fingerprint density at radius 3 is 2.73 bits per heavy atom. The van der Waals surface area contributed by atoms with Gasteiger partial charge in [-0.1, -0.05) is 41.6 Å². The Kier molecular flexibility index (Phi) is 5.93. The van der Waals surface area contributed by atoms with Crippen molar-refractivity contribution in [1.29, 1.82) is 0 Å². The minimum atomic E-state index is -0.507. The number of hydrogen-bond donors (Lipinski definition) is 1. The van der Waals surface area contributed by atoms with Crippen LogP contribution in [-0.2, 0) is 14.3 Å².